The Bertz CT molecular complexity index is 557. The molecule has 5 heteroatoms. The number of furan rings is 1. The van der Waals surface area contributed by atoms with Gasteiger partial charge >= 0.3 is 0 Å². The van der Waals surface area contributed by atoms with Gasteiger partial charge in [-0.3, -0.25) is 4.79 Å². The van der Waals surface area contributed by atoms with Gasteiger partial charge in [0.05, 0.1) is 5.56 Å². The average Bonchev–Trinajstić information content (AvgIpc) is 2.58. The molecule has 3 nitrogen and oxygen atoms in total. The number of benzene rings is 1. The Kier molecular flexibility index (Phi) is 2.37. The monoisotopic (exact) mass is 244 g/mol. The largest absolute Gasteiger partial charge is 0.506 e. The van der Waals surface area contributed by atoms with Gasteiger partial charge in [-0.2, -0.15) is 0 Å². The molecule has 0 aliphatic rings. The van der Waals surface area contributed by atoms with Crippen LogP contribution in [-0.4, -0.2) is 10.9 Å². The van der Waals surface area contributed by atoms with Crippen LogP contribution in [0, 0.1) is 0 Å². The first-order chi connectivity index (χ1) is 7.02. The highest BCUT2D eigenvalue weighted by Crippen LogP contribution is 2.39. The lowest BCUT2D eigenvalue weighted by atomic mass is 10.1. The summed E-state index contributed by atoms with van der Waals surface area (Å²) in [6.07, 6.45) is 1.30. The summed E-state index contributed by atoms with van der Waals surface area (Å²) in [5.74, 6) is -0.329. The number of rotatable bonds is 1. The summed E-state index contributed by atoms with van der Waals surface area (Å²) in [5.41, 5.74) is 0.684. The van der Waals surface area contributed by atoms with Crippen molar-refractivity contribution in [1.29, 1.82) is 0 Å². The molecule has 15 heavy (non-hydrogen) atoms. The van der Waals surface area contributed by atoms with Crippen molar-refractivity contribution in [2.45, 2.75) is 6.92 Å². The van der Waals surface area contributed by atoms with Gasteiger partial charge < -0.3 is 9.52 Å². The quantitative estimate of drug-likeness (QED) is 0.780. The molecule has 1 heterocycles. The Morgan fingerprint density at radius 2 is 2.07 bits per heavy atom. The molecule has 0 unspecified atom stereocenters. The number of phenolic OH excluding ortho intramolecular Hbond substituents is 1. The Labute approximate surface area is 95.2 Å². The molecule has 0 saturated heterocycles. The van der Waals surface area contributed by atoms with E-state index in [-0.39, 0.29) is 21.6 Å². The van der Waals surface area contributed by atoms with E-state index in [4.69, 9.17) is 27.6 Å². The fourth-order valence-electron chi connectivity index (χ4n) is 1.37. The number of hydrogen-bond acceptors (Lipinski definition) is 3. The number of ketones is 1. The maximum absolute atomic E-state index is 11.2. The Morgan fingerprint density at radius 1 is 1.40 bits per heavy atom. The predicted octanol–water partition coefficient (Wildman–Crippen LogP) is 3.65. The average molecular weight is 245 g/mol. The van der Waals surface area contributed by atoms with Crippen molar-refractivity contribution in [2.24, 2.45) is 0 Å². The number of Topliss-reactive ketones (excluding diaryl/α,β-unsaturated/α-hetero) is 1. The smallest absolute Gasteiger partial charge is 0.163 e. The molecule has 0 fully saturated rings. The van der Waals surface area contributed by atoms with Crippen molar-refractivity contribution in [3.05, 3.63) is 27.9 Å². The van der Waals surface area contributed by atoms with Crippen molar-refractivity contribution >= 4 is 40.0 Å². The molecule has 0 bridgehead atoms. The summed E-state index contributed by atoms with van der Waals surface area (Å²) in [5, 5.41) is 10.1. The molecule has 0 aliphatic heterocycles. The van der Waals surface area contributed by atoms with Gasteiger partial charge in [-0.05, 0) is 13.0 Å². The molecule has 0 atom stereocenters. The van der Waals surface area contributed by atoms with Crippen LogP contribution in [-0.2, 0) is 0 Å². The Balaban J connectivity index is 2.89. The number of halogens is 2. The van der Waals surface area contributed by atoms with E-state index in [0.29, 0.717) is 16.5 Å². The van der Waals surface area contributed by atoms with Gasteiger partial charge in [0.1, 0.15) is 22.1 Å². The highest BCUT2D eigenvalue weighted by molar-refractivity contribution is 6.46. The summed E-state index contributed by atoms with van der Waals surface area (Å²) >= 11 is 11.6. The fraction of sp³-hybridized carbons (Fsp3) is 0.100. The molecule has 1 N–H and O–H groups in total. The lowest BCUT2D eigenvalue weighted by Gasteiger charge is -2.00. The zero-order valence-electron chi connectivity index (χ0n) is 7.67. The minimum Gasteiger partial charge on any atom is -0.506 e. The third-order valence-electron chi connectivity index (χ3n) is 2.11. The van der Waals surface area contributed by atoms with Crippen molar-refractivity contribution in [3.63, 3.8) is 0 Å². The summed E-state index contributed by atoms with van der Waals surface area (Å²) < 4.78 is 5.13. The zero-order chi connectivity index (χ0) is 11.2. The first kappa shape index (κ1) is 10.3. The third-order valence-corrected chi connectivity index (χ3v) is 2.95. The number of hydrogen-bond donors (Lipinski definition) is 1. The molecular formula is C10H6Cl2O3. The van der Waals surface area contributed by atoms with Gasteiger partial charge in [-0.1, -0.05) is 23.2 Å². The van der Waals surface area contributed by atoms with Crippen LogP contribution in [0.25, 0.3) is 11.0 Å². The summed E-state index contributed by atoms with van der Waals surface area (Å²) in [4.78, 5) is 11.2. The molecule has 0 aliphatic carbocycles. The van der Waals surface area contributed by atoms with E-state index in [0.717, 1.165) is 0 Å². The van der Waals surface area contributed by atoms with Crippen LogP contribution in [0.4, 0.5) is 0 Å². The molecule has 0 saturated carbocycles. The van der Waals surface area contributed by atoms with E-state index < -0.39 is 0 Å². The van der Waals surface area contributed by atoms with E-state index in [2.05, 4.69) is 0 Å². The highest BCUT2D eigenvalue weighted by atomic mass is 35.5. The second-order valence-electron chi connectivity index (χ2n) is 3.11. The molecule has 0 spiro atoms. The highest BCUT2D eigenvalue weighted by Gasteiger charge is 2.17. The summed E-state index contributed by atoms with van der Waals surface area (Å²) in [6.45, 7) is 1.41. The first-order valence-corrected chi connectivity index (χ1v) is 4.87. The van der Waals surface area contributed by atoms with Crippen LogP contribution in [0.3, 0.4) is 0 Å². The van der Waals surface area contributed by atoms with Gasteiger partial charge in [0, 0.05) is 5.39 Å². The molecule has 2 aromatic rings. The third kappa shape index (κ3) is 1.48. The molecular weight excluding hydrogens is 239 g/mol. The number of aromatic hydroxyl groups is 1. The molecule has 78 valence electrons. The van der Waals surface area contributed by atoms with E-state index in [1.165, 1.54) is 19.3 Å². The van der Waals surface area contributed by atoms with E-state index in [1.807, 2.05) is 0 Å². The van der Waals surface area contributed by atoms with Crippen molar-refractivity contribution in [1.82, 2.24) is 0 Å². The van der Waals surface area contributed by atoms with Crippen LogP contribution in [0.1, 0.15) is 17.3 Å². The van der Waals surface area contributed by atoms with E-state index >= 15 is 0 Å². The second-order valence-corrected chi connectivity index (χ2v) is 3.86. The minimum absolute atomic E-state index is 0.0219. The lowest BCUT2D eigenvalue weighted by Crippen LogP contribution is -1.88. The van der Waals surface area contributed by atoms with Crippen LogP contribution in [0.15, 0.2) is 16.7 Å². The molecule has 1 aromatic carbocycles. The topological polar surface area (TPSA) is 50.4 Å². The number of fused-ring (bicyclic) bond motifs is 1. The van der Waals surface area contributed by atoms with E-state index in [1.54, 1.807) is 0 Å². The lowest BCUT2D eigenvalue weighted by molar-refractivity contribution is 0.101. The molecule has 0 amide bonds. The molecule has 0 radical (unpaired) electrons. The molecule has 1 aromatic heterocycles. The standard InChI is InChI=1S/C10H6Cl2O3/c1-4(13)6-3-15-10-5(6)2-7(14)8(11)9(10)12/h2-3,14H,1H3. The molecule has 2 rings (SSSR count). The Morgan fingerprint density at radius 3 is 2.67 bits per heavy atom. The normalized spacial score (nSPS) is 10.9. The van der Waals surface area contributed by atoms with Crippen molar-refractivity contribution in [2.75, 3.05) is 0 Å². The fourth-order valence-corrected chi connectivity index (χ4v) is 1.75. The SMILES string of the molecule is CC(=O)c1coc2c(Cl)c(Cl)c(O)cc12. The van der Waals surface area contributed by atoms with E-state index in [9.17, 15) is 9.90 Å². The van der Waals surface area contributed by atoms with Gasteiger partial charge in [0.25, 0.3) is 0 Å². The van der Waals surface area contributed by atoms with Gasteiger partial charge in [0.2, 0.25) is 0 Å². The number of carbonyl (C=O) groups excluding carboxylic acids is 1. The van der Waals surface area contributed by atoms with Crippen LogP contribution in [0.5, 0.6) is 5.75 Å². The van der Waals surface area contributed by atoms with Crippen LogP contribution in [0.2, 0.25) is 10.0 Å². The van der Waals surface area contributed by atoms with Crippen molar-refractivity contribution in [3.8, 4) is 5.75 Å². The predicted molar refractivity (Wildman–Crippen MR) is 57.9 cm³/mol. The zero-order valence-corrected chi connectivity index (χ0v) is 9.19. The van der Waals surface area contributed by atoms with Crippen molar-refractivity contribution < 1.29 is 14.3 Å². The summed E-state index contributed by atoms with van der Waals surface area (Å²) in [6, 6.07) is 1.36. The van der Waals surface area contributed by atoms with Gasteiger partial charge in [0.15, 0.2) is 11.4 Å². The number of carbonyl (C=O) groups is 1. The maximum atomic E-state index is 11.2. The first-order valence-electron chi connectivity index (χ1n) is 4.11. The van der Waals surface area contributed by atoms with Gasteiger partial charge in [-0.15, -0.1) is 0 Å². The van der Waals surface area contributed by atoms with Gasteiger partial charge in [-0.25, -0.2) is 0 Å². The Hall–Kier alpha value is -1.19. The van der Waals surface area contributed by atoms with Crippen LogP contribution >= 0.6 is 23.2 Å². The van der Waals surface area contributed by atoms with Crippen LogP contribution < -0.4 is 0 Å². The minimum atomic E-state index is -0.168. The summed E-state index contributed by atoms with van der Waals surface area (Å²) in [7, 11) is 0. The maximum Gasteiger partial charge on any atom is 0.163 e. The number of phenols is 1. The second kappa shape index (κ2) is 3.43.